The number of ether oxygens (including phenoxy) is 1. The van der Waals surface area contributed by atoms with Gasteiger partial charge in [-0.1, -0.05) is 0 Å². The second-order valence-electron chi connectivity index (χ2n) is 3.44. The van der Waals surface area contributed by atoms with Gasteiger partial charge in [-0.05, 0) is 20.8 Å². The summed E-state index contributed by atoms with van der Waals surface area (Å²) in [5.74, 6) is 0.703. The molecule has 2 N–H and O–H groups in total. The number of nitrogens with zero attached hydrogens (tertiary/aromatic N) is 2. The lowest BCUT2D eigenvalue weighted by Gasteiger charge is -2.12. The molecule has 0 aliphatic rings. The summed E-state index contributed by atoms with van der Waals surface area (Å²) < 4.78 is 5.14. The summed E-state index contributed by atoms with van der Waals surface area (Å²) in [6, 6.07) is -0.0260. The first kappa shape index (κ1) is 11.1. The Balaban J connectivity index is 3.00. The van der Waals surface area contributed by atoms with E-state index in [1.165, 1.54) is 0 Å². The smallest absolute Gasteiger partial charge is 0.157 e. The van der Waals surface area contributed by atoms with Crippen molar-refractivity contribution in [3.8, 4) is 0 Å². The maximum Gasteiger partial charge on any atom is 0.157 e. The molecule has 0 amide bonds. The van der Waals surface area contributed by atoms with E-state index in [4.69, 9.17) is 10.5 Å². The van der Waals surface area contributed by atoms with E-state index in [0.29, 0.717) is 5.82 Å². The van der Waals surface area contributed by atoms with E-state index in [2.05, 4.69) is 9.97 Å². The van der Waals surface area contributed by atoms with Crippen LogP contribution >= 0.6 is 0 Å². The summed E-state index contributed by atoms with van der Waals surface area (Å²) in [4.78, 5) is 8.56. The number of aromatic nitrogens is 2. The zero-order chi connectivity index (χ0) is 10.7. The molecule has 0 aromatic carbocycles. The summed E-state index contributed by atoms with van der Waals surface area (Å²) in [5.41, 5.74) is 7.67. The Morgan fingerprint density at radius 3 is 2.50 bits per heavy atom. The summed E-state index contributed by atoms with van der Waals surface area (Å²) >= 11 is 0. The number of methoxy groups -OCH3 is 1. The van der Waals surface area contributed by atoms with E-state index in [9.17, 15) is 0 Å². The van der Waals surface area contributed by atoms with Gasteiger partial charge in [-0.15, -0.1) is 0 Å². The Hall–Kier alpha value is -1.00. The Labute approximate surface area is 84.5 Å². The van der Waals surface area contributed by atoms with E-state index >= 15 is 0 Å². The predicted octanol–water partition coefficient (Wildman–Crippen LogP) is 1.51. The van der Waals surface area contributed by atoms with Gasteiger partial charge < -0.3 is 10.5 Å². The molecule has 0 spiro atoms. The molecule has 1 heterocycles. The Kier molecular flexibility index (Phi) is 3.55. The van der Waals surface area contributed by atoms with Gasteiger partial charge in [-0.25, -0.2) is 9.97 Å². The average Bonchev–Trinajstić information content (AvgIpc) is 2.15. The van der Waals surface area contributed by atoms with Gasteiger partial charge in [-0.3, -0.25) is 0 Å². The number of aryl methyl sites for hydroxylation is 1. The minimum Gasteiger partial charge on any atom is -0.374 e. The highest BCUT2D eigenvalue weighted by Gasteiger charge is 2.11. The minimum atomic E-state index is -0.0733. The third kappa shape index (κ3) is 2.27. The molecule has 0 saturated heterocycles. The molecule has 0 bridgehead atoms. The largest absolute Gasteiger partial charge is 0.374 e. The average molecular weight is 195 g/mol. The lowest BCUT2D eigenvalue weighted by Crippen LogP contribution is -2.12. The Morgan fingerprint density at radius 1 is 1.43 bits per heavy atom. The molecule has 0 radical (unpaired) electrons. The molecule has 2 atom stereocenters. The monoisotopic (exact) mass is 195 g/mol. The summed E-state index contributed by atoms with van der Waals surface area (Å²) in [5, 5.41) is 0. The second-order valence-corrected chi connectivity index (χ2v) is 3.44. The summed E-state index contributed by atoms with van der Waals surface area (Å²) in [7, 11) is 1.64. The van der Waals surface area contributed by atoms with Gasteiger partial charge in [-0.2, -0.15) is 0 Å². The van der Waals surface area contributed by atoms with Crippen LogP contribution in [0.2, 0.25) is 0 Å². The SMILES string of the molecule is COC(C)c1ncc([C@@H](C)N)c(C)n1. The van der Waals surface area contributed by atoms with Crippen molar-refractivity contribution in [2.45, 2.75) is 32.9 Å². The number of rotatable bonds is 3. The van der Waals surface area contributed by atoms with Crippen LogP contribution in [0.15, 0.2) is 6.20 Å². The van der Waals surface area contributed by atoms with E-state index in [-0.39, 0.29) is 12.1 Å². The highest BCUT2D eigenvalue weighted by atomic mass is 16.5. The van der Waals surface area contributed by atoms with E-state index in [1.54, 1.807) is 13.3 Å². The lowest BCUT2D eigenvalue weighted by molar-refractivity contribution is 0.112. The van der Waals surface area contributed by atoms with Gasteiger partial charge in [0.25, 0.3) is 0 Å². The Bertz CT molecular complexity index is 312. The number of hydrogen-bond donors (Lipinski definition) is 1. The van der Waals surface area contributed by atoms with Crippen LogP contribution < -0.4 is 5.73 Å². The molecule has 4 heteroatoms. The van der Waals surface area contributed by atoms with Crippen LogP contribution in [0.5, 0.6) is 0 Å². The van der Waals surface area contributed by atoms with Crippen LogP contribution in [0, 0.1) is 6.92 Å². The molecular weight excluding hydrogens is 178 g/mol. The van der Waals surface area contributed by atoms with Crippen molar-refractivity contribution < 1.29 is 4.74 Å². The van der Waals surface area contributed by atoms with Crippen LogP contribution in [0.3, 0.4) is 0 Å². The molecule has 1 aromatic rings. The minimum absolute atomic E-state index is 0.0260. The van der Waals surface area contributed by atoms with Crippen molar-refractivity contribution >= 4 is 0 Å². The van der Waals surface area contributed by atoms with Crippen molar-refractivity contribution in [3.63, 3.8) is 0 Å². The molecule has 4 nitrogen and oxygen atoms in total. The zero-order valence-corrected chi connectivity index (χ0v) is 9.11. The van der Waals surface area contributed by atoms with Crippen LogP contribution in [-0.2, 0) is 4.74 Å². The first-order valence-corrected chi connectivity index (χ1v) is 4.68. The van der Waals surface area contributed by atoms with Crippen LogP contribution in [0.25, 0.3) is 0 Å². The molecule has 1 rings (SSSR count). The van der Waals surface area contributed by atoms with E-state index in [1.807, 2.05) is 20.8 Å². The summed E-state index contributed by atoms with van der Waals surface area (Å²) in [6.07, 6.45) is 1.70. The highest BCUT2D eigenvalue weighted by Crippen LogP contribution is 2.16. The topological polar surface area (TPSA) is 61.0 Å². The van der Waals surface area contributed by atoms with Crippen molar-refractivity contribution in [2.75, 3.05) is 7.11 Å². The summed E-state index contributed by atoms with van der Waals surface area (Å²) in [6.45, 7) is 5.78. The van der Waals surface area contributed by atoms with Gasteiger partial charge in [0, 0.05) is 30.6 Å². The van der Waals surface area contributed by atoms with Crippen molar-refractivity contribution in [1.29, 1.82) is 0 Å². The molecule has 0 saturated carbocycles. The maximum atomic E-state index is 5.76. The standard InChI is InChI=1S/C10H17N3O/c1-6(11)9-5-12-10(8(3)14-4)13-7(9)2/h5-6,8H,11H2,1-4H3/t6-,8?/m1/s1. The fraction of sp³-hybridized carbons (Fsp3) is 0.600. The quantitative estimate of drug-likeness (QED) is 0.794. The molecule has 0 aliphatic carbocycles. The number of nitrogens with two attached hydrogens (primary N) is 1. The van der Waals surface area contributed by atoms with Gasteiger partial charge in [0.2, 0.25) is 0 Å². The van der Waals surface area contributed by atoms with Crippen LogP contribution in [0.1, 0.15) is 43.1 Å². The van der Waals surface area contributed by atoms with E-state index in [0.717, 1.165) is 11.3 Å². The molecule has 14 heavy (non-hydrogen) atoms. The van der Waals surface area contributed by atoms with Gasteiger partial charge in [0.1, 0.15) is 6.10 Å². The van der Waals surface area contributed by atoms with Gasteiger partial charge in [0.15, 0.2) is 5.82 Å². The zero-order valence-electron chi connectivity index (χ0n) is 9.11. The van der Waals surface area contributed by atoms with Crippen molar-refractivity contribution in [3.05, 3.63) is 23.3 Å². The fourth-order valence-electron chi connectivity index (χ4n) is 1.24. The first-order valence-electron chi connectivity index (χ1n) is 4.68. The van der Waals surface area contributed by atoms with E-state index < -0.39 is 0 Å². The lowest BCUT2D eigenvalue weighted by atomic mass is 10.1. The van der Waals surface area contributed by atoms with Crippen molar-refractivity contribution in [2.24, 2.45) is 5.73 Å². The van der Waals surface area contributed by atoms with Gasteiger partial charge in [0.05, 0.1) is 0 Å². The molecular formula is C10H17N3O. The molecule has 1 aromatic heterocycles. The first-order chi connectivity index (χ1) is 6.56. The van der Waals surface area contributed by atoms with Crippen LogP contribution in [-0.4, -0.2) is 17.1 Å². The molecule has 1 unspecified atom stereocenters. The Morgan fingerprint density at radius 2 is 2.07 bits per heavy atom. The third-order valence-electron chi connectivity index (χ3n) is 2.24. The normalized spacial score (nSPS) is 15.2. The predicted molar refractivity (Wildman–Crippen MR) is 54.8 cm³/mol. The second kappa shape index (κ2) is 4.48. The third-order valence-corrected chi connectivity index (χ3v) is 2.24. The van der Waals surface area contributed by atoms with Crippen LogP contribution in [0.4, 0.5) is 0 Å². The number of hydrogen-bond acceptors (Lipinski definition) is 4. The van der Waals surface area contributed by atoms with Gasteiger partial charge >= 0.3 is 0 Å². The highest BCUT2D eigenvalue weighted by molar-refractivity contribution is 5.19. The fourth-order valence-corrected chi connectivity index (χ4v) is 1.24. The molecule has 0 fully saturated rings. The van der Waals surface area contributed by atoms with Crippen molar-refractivity contribution in [1.82, 2.24) is 9.97 Å². The molecule has 78 valence electrons. The maximum absolute atomic E-state index is 5.76. The molecule has 0 aliphatic heterocycles.